The van der Waals surface area contributed by atoms with Crippen molar-refractivity contribution in [3.8, 4) is 0 Å². The highest BCUT2D eigenvalue weighted by Crippen LogP contribution is 2.21. The Bertz CT molecular complexity index is 635. The van der Waals surface area contributed by atoms with E-state index in [0.29, 0.717) is 11.9 Å². The lowest BCUT2D eigenvalue weighted by Crippen LogP contribution is -2.09. The molecule has 0 radical (unpaired) electrons. The number of rotatable bonds is 6. The summed E-state index contributed by atoms with van der Waals surface area (Å²) in [5, 5.41) is 6.69. The summed E-state index contributed by atoms with van der Waals surface area (Å²) in [5.41, 5.74) is 4.51. The fourth-order valence-electron chi connectivity index (χ4n) is 2.28. The number of hydrogen-bond acceptors (Lipinski definition) is 4. The quantitative estimate of drug-likeness (QED) is 0.818. The standard InChI is InChI=1S/C18H26N4/c1-12(2)8-9-19-18-20-15(5)11-17(22-18)21-16-7-6-13(3)10-14(16)4/h6-7,10-12H,8-9H2,1-5H3,(H2,19,20,21,22). The van der Waals surface area contributed by atoms with Crippen molar-refractivity contribution in [3.63, 3.8) is 0 Å². The summed E-state index contributed by atoms with van der Waals surface area (Å²) < 4.78 is 0. The molecule has 118 valence electrons. The van der Waals surface area contributed by atoms with Crippen LogP contribution < -0.4 is 10.6 Å². The highest BCUT2D eigenvalue weighted by atomic mass is 15.1. The zero-order chi connectivity index (χ0) is 16.1. The predicted octanol–water partition coefficient (Wildman–Crippen LogP) is 4.60. The van der Waals surface area contributed by atoms with Crippen molar-refractivity contribution in [2.24, 2.45) is 5.92 Å². The first-order valence-corrected chi connectivity index (χ1v) is 7.88. The van der Waals surface area contributed by atoms with Crippen molar-refractivity contribution in [2.75, 3.05) is 17.2 Å². The van der Waals surface area contributed by atoms with Gasteiger partial charge in [-0.15, -0.1) is 0 Å². The lowest BCUT2D eigenvalue weighted by molar-refractivity contribution is 0.606. The molecule has 0 aliphatic heterocycles. The third-order valence-corrected chi connectivity index (χ3v) is 3.50. The van der Waals surface area contributed by atoms with Gasteiger partial charge in [0, 0.05) is 24.0 Å². The molecule has 0 saturated carbocycles. The van der Waals surface area contributed by atoms with Gasteiger partial charge in [0.15, 0.2) is 0 Å². The Morgan fingerprint density at radius 1 is 1.05 bits per heavy atom. The number of benzene rings is 1. The van der Waals surface area contributed by atoms with Crippen LogP contribution in [-0.2, 0) is 0 Å². The number of nitrogens with one attached hydrogen (secondary N) is 2. The molecule has 0 atom stereocenters. The van der Waals surface area contributed by atoms with Gasteiger partial charge >= 0.3 is 0 Å². The van der Waals surface area contributed by atoms with Crippen molar-refractivity contribution in [3.05, 3.63) is 41.1 Å². The number of hydrogen-bond donors (Lipinski definition) is 2. The summed E-state index contributed by atoms with van der Waals surface area (Å²) >= 11 is 0. The molecule has 0 fully saturated rings. The first-order valence-electron chi connectivity index (χ1n) is 7.88. The summed E-state index contributed by atoms with van der Waals surface area (Å²) in [6, 6.07) is 8.32. The van der Waals surface area contributed by atoms with Crippen LogP contribution in [0, 0.1) is 26.7 Å². The van der Waals surface area contributed by atoms with Crippen LogP contribution >= 0.6 is 0 Å². The van der Waals surface area contributed by atoms with Gasteiger partial charge in [-0.25, -0.2) is 4.98 Å². The summed E-state index contributed by atoms with van der Waals surface area (Å²) in [6.45, 7) is 11.5. The maximum atomic E-state index is 4.56. The second-order valence-corrected chi connectivity index (χ2v) is 6.27. The van der Waals surface area contributed by atoms with Crippen LogP contribution in [0.3, 0.4) is 0 Å². The van der Waals surface area contributed by atoms with Crippen molar-refractivity contribution in [1.82, 2.24) is 9.97 Å². The summed E-state index contributed by atoms with van der Waals surface area (Å²) in [4.78, 5) is 9.00. The van der Waals surface area contributed by atoms with E-state index in [2.05, 4.69) is 66.5 Å². The van der Waals surface area contributed by atoms with E-state index in [4.69, 9.17) is 0 Å². The summed E-state index contributed by atoms with van der Waals surface area (Å²) in [6.07, 6.45) is 1.11. The average molecular weight is 298 g/mol. The van der Waals surface area contributed by atoms with E-state index in [1.165, 1.54) is 11.1 Å². The number of aromatic nitrogens is 2. The summed E-state index contributed by atoms with van der Waals surface area (Å²) in [7, 11) is 0. The zero-order valence-corrected chi connectivity index (χ0v) is 14.2. The molecule has 1 aromatic heterocycles. The highest BCUT2D eigenvalue weighted by molar-refractivity contribution is 5.61. The topological polar surface area (TPSA) is 49.8 Å². The SMILES string of the molecule is Cc1ccc(Nc2cc(C)nc(NCCC(C)C)n2)c(C)c1. The van der Waals surface area contributed by atoms with Gasteiger partial charge in [-0.05, 0) is 44.7 Å². The predicted molar refractivity (Wildman–Crippen MR) is 93.9 cm³/mol. The van der Waals surface area contributed by atoms with Gasteiger partial charge in [0.2, 0.25) is 5.95 Å². The van der Waals surface area contributed by atoms with Crippen LogP contribution in [0.25, 0.3) is 0 Å². The van der Waals surface area contributed by atoms with Crippen molar-refractivity contribution < 1.29 is 0 Å². The second-order valence-electron chi connectivity index (χ2n) is 6.27. The molecule has 0 unspecified atom stereocenters. The van der Waals surface area contributed by atoms with Gasteiger partial charge in [0.1, 0.15) is 5.82 Å². The average Bonchev–Trinajstić information content (AvgIpc) is 2.41. The molecule has 0 aliphatic rings. The third kappa shape index (κ3) is 4.72. The van der Waals surface area contributed by atoms with E-state index in [1.807, 2.05) is 13.0 Å². The molecule has 2 N–H and O–H groups in total. The Labute approximate surface area is 133 Å². The van der Waals surface area contributed by atoms with E-state index < -0.39 is 0 Å². The lowest BCUT2D eigenvalue weighted by atomic mass is 10.1. The molecular weight excluding hydrogens is 272 g/mol. The Morgan fingerprint density at radius 2 is 1.82 bits per heavy atom. The molecule has 2 rings (SSSR count). The van der Waals surface area contributed by atoms with Crippen LogP contribution in [0.5, 0.6) is 0 Å². The zero-order valence-electron chi connectivity index (χ0n) is 14.2. The first kappa shape index (κ1) is 16.3. The van der Waals surface area contributed by atoms with E-state index >= 15 is 0 Å². The molecule has 0 amide bonds. The van der Waals surface area contributed by atoms with Gasteiger partial charge in [-0.2, -0.15) is 4.98 Å². The van der Waals surface area contributed by atoms with Gasteiger partial charge in [0.25, 0.3) is 0 Å². The fourth-order valence-corrected chi connectivity index (χ4v) is 2.28. The minimum absolute atomic E-state index is 0.671. The summed E-state index contributed by atoms with van der Waals surface area (Å²) in [5.74, 6) is 2.18. The molecule has 4 nitrogen and oxygen atoms in total. The molecule has 2 aromatic rings. The fraction of sp³-hybridized carbons (Fsp3) is 0.444. The maximum absolute atomic E-state index is 4.56. The monoisotopic (exact) mass is 298 g/mol. The first-order chi connectivity index (χ1) is 10.4. The minimum Gasteiger partial charge on any atom is -0.354 e. The number of nitrogens with zero attached hydrogens (tertiary/aromatic N) is 2. The Balaban J connectivity index is 2.12. The van der Waals surface area contributed by atoms with Crippen LogP contribution in [0.1, 0.15) is 37.1 Å². The van der Waals surface area contributed by atoms with E-state index in [-0.39, 0.29) is 0 Å². The minimum atomic E-state index is 0.671. The molecule has 1 heterocycles. The number of aryl methyl sites for hydroxylation is 3. The van der Waals surface area contributed by atoms with E-state index in [0.717, 1.165) is 30.2 Å². The molecule has 1 aromatic carbocycles. The van der Waals surface area contributed by atoms with Gasteiger partial charge in [0.05, 0.1) is 0 Å². The normalized spacial score (nSPS) is 10.8. The number of anilines is 3. The molecule has 0 bridgehead atoms. The Hall–Kier alpha value is -2.10. The molecular formula is C18H26N4. The van der Waals surface area contributed by atoms with E-state index in [1.54, 1.807) is 0 Å². The largest absolute Gasteiger partial charge is 0.354 e. The van der Waals surface area contributed by atoms with Crippen LogP contribution in [0.2, 0.25) is 0 Å². The Kier molecular flexibility index (Phi) is 5.36. The van der Waals surface area contributed by atoms with Crippen LogP contribution in [-0.4, -0.2) is 16.5 Å². The van der Waals surface area contributed by atoms with Crippen molar-refractivity contribution in [1.29, 1.82) is 0 Å². The maximum Gasteiger partial charge on any atom is 0.224 e. The van der Waals surface area contributed by atoms with Crippen molar-refractivity contribution in [2.45, 2.75) is 41.0 Å². The van der Waals surface area contributed by atoms with Gasteiger partial charge in [-0.1, -0.05) is 31.5 Å². The van der Waals surface area contributed by atoms with Crippen LogP contribution in [0.15, 0.2) is 24.3 Å². The molecule has 4 heteroatoms. The Morgan fingerprint density at radius 3 is 2.50 bits per heavy atom. The van der Waals surface area contributed by atoms with Gasteiger partial charge in [-0.3, -0.25) is 0 Å². The van der Waals surface area contributed by atoms with Gasteiger partial charge < -0.3 is 10.6 Å². The molecule has 22 heavy (non-hydrogen) atoms. The smallest absolute Gasteiger partial charge is 0.224 e. The van der Waals surface area contributed by atoms with Crippen LogP contribution in [0.4, 0.5) is 17.5 Å². The third-order valence-electron chi connectivity index (χ3n) is 3.50. The molecule has 0 aliphatic carbocycles. The van der Waals surface area contributed by atoms with E-state index in [9.17, 15) is 0 Å². The highest BCUT2D eigenvalue weighted by Gasteiger charge is 2.05. The molecule has 0 saturated heterocycles. The molecule has 0 spiro atoms. The lowest BCUT2D eigenvalue weighted by Gasteiger charge is -2.12. The van der Waals surface area contributed by atoms with Crippen molar-refractivity contribution >= 4 is 17.5 Å². The second kappa shape index (κ2) is 7.25.